The smallest absolute Gasteiger partial charge is 0.224 e. The molecule has 0 unspecified atom stereocenters. The molecule has 3 N–H and O–H groups in total. The van der Waals surface area contributed by atoms with Crippen LogP contribution in [0.5, 0.6) is 0 Å². The van der Waals surface area contributed by atoms with Crippen LogP contribution in [0.4, 0.5) is 5.69 Å². The average Bonchev–Trinajstić information content (AvgIpc) is 2.55. The summed E-state index contributed by atoms with van der Waals surface area (Å²) in [5.74, 6) is 0. The molecule has 23 heavy (non-hydrogen) atoms. The van der Waals surface area contributed by atoms with Crippen LogP contribution >= 0.6 is 0 Å². The Morgan fingerprint density at radius 2 is 1.70 bits per heavy atom. The first-order valence-corrected chi connectivity index (χ1v) is 8.57. The molecule has 0 heterocycles. The van der Waals surface area contributed by atoms with Crippen molar-refractivity contribution in [2.24, 2.45) is 0 Å². The molecule has 3 aromatic carbocycles. The molecule has 0 fully saturated rings. The van der Waals surface area contributed by atoms with E-state index in [1.807, 2.05) is 25.1 Å². The van der Waals surface area contributed by atoms with E-state index in [1.165, 1.54) is 6.07 Å². The molecule has 0 saturated heterocycles. The second-order valence-electron chi connectivity index (χ2n) is 5.40. The van der Waals surface area contributed by atoms with Crippen LogP contribution in [0.1, 0.15) is 11.1 Å². The zero-order valence-electron chi connectivity index (χ0n) is 12.6. The van der Waals surface area contributed by atoms with Crippen LogP contribution < -0.4 is 5.73 Å². The number of nitrogens with two attached hydrogens (primary N) is 1. The molecular weight excluding hydrogens is 308 g/mol. The van der Waals surface area contributed by atoms with E-state index in [2.05, 4.69) is 0 Å². The lowest BCUT2D eigenvalue weighted by Gasteiger charge is -2.11. The molecular formula is C18H16N2O2S. The van der Waals surface area contributed by atoms with Gasteiger partial charge < -0.3 is 5.73 Å². The zero-order chi connectivity index (χ0) is 16.6. The first-order chi connectivity index (χ1) is 10.9. The number of benzene rings is 3. The van der Waals surface area contributed by atoms with Gasteiger partial charge in [-0.25, -0.2) is 8.42 Å². The summed E-state index contributed by atoms with van der Waals surface area (Å²) in [5, 5.41) is 9.16. The highest BCUT2D eigenvalue weighted by Crippen LogP contribution is 2.27. The van der Waals surface area contributed by atoms with Gasteiger partial charge in [0.25, 0.3) is 0 Å². The fourth-order valence-corrected chi connectivity index (χ4v) is 3.97. The number of nitrogen functional groups attached to an aromatic ring is 1. The van der Waals surface area contributed by atoms with Crippen molar-refractivity contribution in [3.8, 4) is 0 Å². The van der Waals surface area contributed by atoms with Crippen molar-refractivity contribution in [3.63, 3.8) is 0 Å². The second kappa shape index (κ2) is 5.52. The van der Waals surface area contributed by atoms with Crippen molar-refractivity contribution in [1.29, 1.82) is 5.41 Å². The van der Waals surface area contributed by atoms with E-state index in [4.69, 9.17) is 11.1 Å². The van der Waals surface area contributed by atoms with E-state index in [0.717, 1.165) is 10.9 Å². The summed E-state index contributed by atoms with van der Waals surface area (Å²) >= 11 is 0. The van der Waals surface area contributed by atoms with E-state index in [0.29, 0.717) is 5.39 Å². The first kappa shape index (κ1) is 15.2. The van der Waals surface area contributed by atoms with Gasteiger partial charge in [0, 0.05) is 16.6 Å². The Labute approximate surface area is 135 Å². The Hall–Kier alpha value is -2.66. The quantitative estimate of drug-likeness (QED) is 0.430. The molecule has 0 aliphatic heterocycles. The number of anilines is 1. The van der Waals surface area contributed by atoms with Crippen molar-refractivity contribution in [1.82, 2.24) is 0 Å². The summed E-state index contributed by atoms with van der Waals surface area (Å²) in [7, 11) is -3.95. The largest absolute Gasteiger partial charge is 0.398 e. The maximum Gasteiger partial charge on any atom is 0.224 e. The standard InChI is InChI=1S/C18H16N2O2S/c1-12-9-10-16(19)15(11-12)18(20)23(21,22)17-8-4-6-13-5-2-3-7-14(13)17/h2-11,20H,19H2,1H3. The van der Waals surface area contributed by atoms with Gasteiger partial charge in [-0.05, 0) is 30.5 Å². The molecule has 5 heteroatoms. The molecule has 116 valence electrons. The number of hydrogen-bond acceptors (Lipinski definition) is 4. The van der Waals surface area contributed by atoms with Crippen molar-refractivity contribution in [2.45, 2.75) is 11.8 Å². The van der Waals surface area contributed by atoms with Crippen molar-refractivity contribution in [2.75, 3.05) is 5.73 Å². The summed E-state index contributed by atoms with van der Waals surface area (Å²) in [5.41, 5.74) is 7.24. The predicted molar refractivity (Wildman–Crippen MR) is 93.6 cm³/mol. The van der Waals surface area contributed by atoms with E-state index in [-0.39, 0.29) is 16.1 Å². The topological polar surface area (TPSA) is 84.0 Å². The summed E-state index contributed by atoms with van der Waals surface area (Å²) in [6.07, 6.45) is 0. The molecule has 0 aromatic heterocycles. The van der Waals surface area contributed by atoms with Gasteiger partial charge >= 0.3 is 0 Å². The normalized spacial score (nSPS) is 11.5. The predicted octanol–water partition coefficient (Wildman–Crippen LogP) is 3.53. The highest BCUT2D eigenvalue weighted by Gasteiger charge is 2.26. The monoisotopic (exact) mass is 324 g/mol. The van der Waals surface area contributed by atoms with Gasteiger partial charge in [-0.1, -0.05) is 48.0 Å². The van der Waals surface area contributed by atoms with Gasteiger partial charge in [0.1, 0.15) is 0 Å². The van der Waals surface area contributed by atoms with Crippen molar-refractivity contribution >= 4 is 31.3 Å². The third kappa shape index (κ3) is 2.59. The van der Waals surface area contributed by atoms with Crippen LogP contribution in [-0.4, -0.2) is 13.5 Å². The lowest BCUT2D eigenvalue weighted by atomic mass is 10.1. The van der Waals surface area contributed by atoms with Crippen LogP contribution in [-0.2, 0) is 9.84 Å². The molecule has 3 aromatic rings. The molecule has 0 saturated carbocycles. The minimum absolute atomic E-state index is 0.126. The molecule has 3 rings (SSSR count). The molecule has 0 aliphatic carbocycles. The number of aryl methyl sites for hydroxylation is 1. The minimum atomic E-state index is -3.95. The maximum atomic E-state index is 12.9. The van der Waals surface area contributed by atoms with Crippen molar-refractivity contribution < 1.29 is 8.42 Å². The Morgan fingerprint density at radius 1 is 1.00 bits per heavy atom. The highest BCUT2D eigenvalue weighted by molar-refractivity contribution is 8.07. The number of sulfone groups is 1. The fourth-order valence-electron chi connectivity index (χ4n) is 2.55. The maximum absolute atomic E-state index is 12.9. The lowest BCUT2D eigenvalue weighted by molar-refractivity contribution is 0.608. The lowest BCUT2D eigenvalue weighted by Crippen LogP contribution is -2.17. The summed E-state index contributed by atoms with van der Waals surface area (Å²) in [4.78, 5) is 0.126. The molecule has 0 bridgehead atoms. The van der Waals surface area contributed by atoms with E-state index in [9.17, 15) is 8.42 Å². The first-order valence-electron chi connectivity index (χ1n) is 7.09. The Bertz CT molecular complexity index is 1020. The molecule has 0 aliphatic rings. The average molecular weight is 324 g/mol. The van der Waals surface area contributed by atoms with Crippen LogP contribution in [0.2, 0.25) is 0 Å². The van der Waals surface area contributed by atoms with E-state index >= 15 is 0 Å². The van der Waals surface area contributed by atoms with Gasteiger partial charge in [0.05, 0.1) is 4.90 Å². The molecule has 4 nitrogen and oxygen atoms in total. The summed E-state index contributed by atoms with van der Waals surface area (Å²) in [6.45, 7) is 1.83. The second-order valence-corrected chi connectivity index (χ2v) is 7.26. The molecule has 0 atom stereocenters. The fraction of sp³-hybridized carbons (Fsp3) is 0.0556. The van der Waals surface area contributed by atoms with Crippen LogP contribution in [0.25, 0.3) is 10.8 Å². The summed E-state index contributed by atoms with van der Waals surface area (Å²) < 4.78 is 25.9. The minimum Gasteiger partial charge on any atom is -0.398 e. The number of rotatable bonds is 2. The van der Waals surface area contributed by atoms with Crippen LogP contribution in [0.3, 0.4) is 0 Å². The molecule has 0 radical (unpaired) electrons. The number of fused-ring (bicyclic) bond motifs is 1. The van der Waals surface area contributed by atoms with Gasteiger partial charge in [-0.3, -0.25) is 5.41 Å². The molecule has 0 amide bonds. The van der Waals surface area contributed by atoms with Gasteiger partial charge in [-0.15, -0.1) is 0 Å². The number of hydrogen-bond donors (Lipinski definition) is 2. The third-order valence-electron chi connectivity index (χ3n) is 3.76. The summed E-state index contributed by atoms with van der Waals surface area (Å²) in [6, 6.07) is 17.3. The van der Waals surface area contributed by atoms with Gasteiger partial charge in [0.15, 0.2) is 5.04 Å². The van der Waals surface area contributed by atoms with Crippen molar-refractivity contribution in [3.05, 3.63) is 71.8 Å². The third-order valence-corrected chi connectivity index (χ3v) is 5.45. The van der Waals surface area contributed by atoms with E-state index in [1.54, 1.807) is 36.4 Å². The highest BCUT2D eigenvalue weighted by atomic mass is 32.2. The zero-order valence-corrected chi connectivity index (χ0v) is 13.4. The Kier molecular flexibility index (Phi) is 3.66. The van der Waals surface area contributed by atoms with E-state index < -0.39 is 14.9 Å². The Morgan fingerprint density at radius 3 is 2.48 bits per heavy atom. The SMILES string of the molecule is Cc1ccc(N)c(C(=N)S(=O)(=O)c2cccc3ccccc23)c1. The molecule has 0 spiro atoms. The van der Waals surface area contributed by atoms with Crippen LogP contribution in [0, 0.1) is 12.3 Å². The van der Waals surface area contributed by atoms with Gasteiger partial charge in [-0.2, -0.15) is 0 Å². The van der Waals surface area contributed by atoms with Crippen LogP contribution in [0.15, 0.2) is 65.6 Å². The number of nitrogens with one attached hydrogen (secondary N) is 1. The Balaban J connectivity index is 2.21. The van der Waals surface area contributed by atoms with Gasteiger partial charge in [0.2, 0.25) is 9.84 Å².